The van der Waals surface area contributed by atoms with Gasteiger partial charge in [-0.25, -0.2) is 9.78 Å². The maximum atomic E-state index is 12.7. The Bertz CT molecular complexity index is 1450. The average molecular weight is 820 g/mol. The summed E-state index contributed by atoms with van der Waals surface area (Å²) in [6, 6.07) is 19.9. The fraction of sp³-hybridized carbons (Fsp3) is 0.314. The van der Waals surface area contributed by atoms with Gasteiger partial charge in [0.15, 0.2) is 5.84 Å². The van der Waals surface area contributed by atoms with Gasteiger partial charge in [-0.15, -0.1) is 6.58 Å². The molecule has 0 spiro atoms. The normalized spacial score (nSPS) is 11.3. The molecular formula is C35H47N6O4Tl. The van der Waals surface area contributed by atoms with Crippen molar-refractivity contribution in [2.24, 2.45) is 10.7 Å². The molecule has 0 radical (unpaired) electrons. The van der Waals surface area contributed by atoms with Crippen LogP contribution in [0.1, 0.15) is 41.5 Å². The molecule has 0 saturated carbocycles. The number of amides is 2. The molecule has 244 valence electrons. The van der Waals surface area contributed by atoms with Crippen LogP contribution in [0.25, 0.3) is 0 Å². The fourth-order valence-corrected chi connectivity index (χ4v) is 3.92. The van der Waals surface area contributed by atoms with E-state index in [-0.39, 0.29) is 0 Å². The molecule has 0 aliphatic heterocycles. The first-order valence-electron chi connectivity index (χ1n) is 14.8. The second-order valence-electron chi connectivity index (χ2n) is 10.6. The molecule has 10 nitrogen and oxygen atoms in total. The Morgan fingerprint density at radius 2 is 1.61 bits per heavy atom. The van der Waals surface area contributed by atoms with E-state index in [4.69, 9.17) is 15.2 Å². The zero-order valence-electron chi connectivity index (χ0n) is 28.5. The van der Waals surface area contributed by atoms with Crippen LogP contribution in [0, 0.1) is 0 Å². The molecule has 0 bridgehead atoms. The van der Waals surface area contributed by atoms with Crippen LogP contribution in [-0.2, 0) is 9.53 Å². The summed E-state index contributed by atoms with van der Waals surface area (Å²) in [4.78, 5) is 38.8. The van der Waals surface area contributed by atoms with Gasteiger partial charge in [0.1, 0.15) is 17.0 Å². The van der Waals surface area contributed by atoms with Gasteiger partial charge in [0.25, 0.3) is 0 Å². The number of ether oxygens (including phenoxy) is 2. The van der Waals surface area contributed by atoms with Crippen LogP contribution in [0.3, 0.4) is 0 Å². The van der Waals surface area contributed by atoms with Crippen molar-refractivity contribution in [2.45, 2.75) is 51.6 Å². The van der Waals surface area contributed by atoms with E-state index in [0.717, 1.165) is 5.69 Å². The predicted molar refractivity (Wildman–Crippen MR) is 191 cm³/mol. The Hall–Kier alpha value is -4.20. The second kappa shape index (κ2) is 20.0. The molecule has 2 N–H and O–H groups in total. The van der Waals surface area contributed by atoms with Gasteiger partial charge in [-0.05, 0) is 90.1 Å². The molecule has 0 aliphatic rings. The van der Waals surface area contributed by atoms with Crippen molar-refractivity contribution in [3.63, 3.8) is 0 Å². The Kier molecular flexibility index (Phi) is 17.3. The number of rotatable bonds is 9. The number of benzene rings is 2. The van der Waals surface area contributed by atoms with Gasteiger partial charge >= 0.3 is 36.3 Å². The number of likely N-dealkylation sites (N-methyl/N-ethyl adjacent to an activating group) is 1. The van der Waals surface area contributed by atoms with Crippen molar-refractivity contribution in [1.29, 1.82) is 0 Å². The number of aliphatic imine (C=N–C) groups is 1. The summed E-state index contributed by atoms with van der Waals surface area (Å²) in [5, 5.41) is 0. The second-order valence-corrected chi connectivity index (χ2v) is 10.6. The Balaban J connectivity index is 0.00000199. The van der Waals surface area contributed by atoms with Crippen LogP contribution in [0.4, 0.5) is 21.9 Å². The number of carbonyl (C=O) groups is 2. The van der Waals surface area contributed by atoms with Crippen LogP contribution >= 0.6 is 0 Å². The van der Waals surface area contributed by atoms with E-state index in [9.17, 15) is 9.59 Å². The number of amidine groups is 1. The molecule has 3 aromatic rings. The standard InChI is InChI=1S/C31H38N6O4.C3H6.CH3.Tl/c1-8-33-29(37(21-38)25-13-11-12-24(20-25)36(7)30(39)41-31(3,4)5)28(22(2)32)35(6)23-15-17-26(18-16-23)40-27-14-9-10-19-34-27;1-3-2;;/h9-21H,8,32H2,1-7H3;3H,1H2,2H3;1H3;/b28-22-,33-29?;;;. The number of hydrogen-bond donors (Lipinski definition) is 1. The van der Waals surface area contributed by atoms with E-state index < -0.39 is 11.7 Å². The zero-order valence-corrected chi connectivity index (χ0v) is 33.0. The molecule has 2 amide bonds. The zero-order chi connectivity index (χ0) is 34.9. The minimum absolute atomic E-state index is 0.357. The predicted octanol–water partition coefficient (Wildman–Crippen LogP) is 7.35. The molecule has 0 fully saturated rings. The quantitative estimate of drug-likeness (QED) is 0.0791. The van der Waals surface area contributed by atoms with E-state index >= 15 is 0 Å². The number of hydrogen-bond acceptors (Lipinski definition) is 8. The van der Waals surface area contributed by atoms with Crippen molar-refractivity contribution in [3.05, 3.63) is 97.0 Å². The Labute approximate surface area is 290 Å². The molecule has 3 rings (SSSR count). The van der Waals surface area contributed by atoms with Crippen molar-refractivity contribution < 1.29 is 19.1 Å². The summed E-state index contributed by atoms with van der Waals surface area (Å²) >= 11 is 1.17. The van der Waals surface area contributed by atoms with Crippen molar-refractivity contribution in [3.8, 4) is 11.6 Å². The van der Waals surface area contributed by atoms with Crippen LogP contribution in [0.5, 0.6) is 11.6 Å². The first-order valence-corrected chi connectivity index (χ1v) is 19.3. The molecule has 2 aromatic carbocycles. The maximum absolute atomic E-state index is 12.7. The monoisotopic (exact) mass is 820 g/mol. The molecule has 0 saturated heterocycles. The first kappa shape index (κ1) is 39.8. The molecule has 0 aliphatic carbocycles. The van der Waals surface area contributed by atoms with E-state index in [1.165, 1.54) is 35.6 Å². The number of anilines is 3. The minimum atomic E-state index is -0.648. The number of carbonyl (C=O) groups excluding carboxylic acids is 2. The third-order valence-electron chi connectivity index (χ3n) is 5.81. The fourth-order valence-electron chi connectivity index (χ4n) is 3.92. The summed E-state index contributed by atoms with van der Waals surface area (Å²) in [5.41, 5.74) is 8.61. The number of pyridine rings is 1. The average Bonchev–Trinajstić information content (AvgIpc) is 3.02. The summed E-state index contributed by atoms with van der Waals surface area (Å²) < 4.78 is 13.5. The molecule has 1 heterocycles. The van der Waals surface area contributed by atoms with Crippen LogP contribution in [0.2, 0.25) is 4.48 Å². The number of nitrogens with two attached hydrogens (primary N) is 1. The molecule has 0 atom stereocenters. The van der Waals surface area contributed by atoms with E-state index in [0.29, 0.717) is 53.2 Å². The van der Waals surface area contributed by atoms with Crippen molar-refractivity contribution in [2.75, 3.05) is 35.3 Å². The third kappa shape index (κ3) is 12.3. The van der Waals surface area contributed by atoms with Gasteiger partial charge in [-0.3, -0.25) is 19.6 Å². The van der Waals surface area contributed by atoms with Crippen LogP contribution in [0.15, 0.2) is 102 Å². The summed E-state index contributed by atoms with van der Waals surface area (Å²) in [6.07, 6.45) is 3.59. The topological polar surface area (TPSA) is 114 Å². The van der Waals surface area contributed by atoms with E-state index in [2.05, 4.69) is 21.0 Å². The molecular weight excluding hydrogens is 773 g/mol. The molecule has 11 heteroatoms. The molecule has 46 heavy (non-hydrogen) atoms. The molecule has 0 unspecified atom stereocenters. The SMILES string of the molecule is C=CC.CCN=C(/C(=C(\C)N)N(C)c1ccc(Oc2ccccn2)cc1)N(C=O)c1cccc(N(C)C(=O)OC(C)(C)C)c1.[CH3][Tl]. The summed E-state index contributed by atoms with van der Waals surface area (Å²) in [6.45, 7) is 14.7. The molecule has 1 aromatic heterocycles. The third-order valence-corrected chi connectivity index (χ3v) is 5.81. The van der Waals surface area contributed by atoms with E-state index in [1.807, 2.05) is 62.2 Å². The van der Waals surface area contributed by atoms with Crippen molar-refractivity contribution >= 4 is 61.2 Å². The Morgan fingerprint density at radius 1 is 1.00 bits per heavy atom. The van der Waals surface area contributed by atoms with Crippen molar-refractivity contribution in [1.82, 2.24) is 4.98 Å². The van der Waals surface area contributed by atoms with E-state index in [1.54, 1.807) is 77.3 Å². The number of allylic oxidation sites excluding steroid dienone is 2. The van der Waals surface area contributed by atoms with Gasteiger partial charge in [0, 0.05) is 50.0 Å². The van der Waals surface area contributed by atoms with Gasteiger partial charge in [-0.2, -0.15) is 0 Å². The van der Waals surface area contributed by atoms with Gasteiger partial charge in [0.05, 0.1) is 5.69 Å². The summed E-state index contributed by atoms with van der Waals surface area (Å²) in [7, 11) is 3.46. The van der Waals surface area contributed by atoms with Gasteiger partial charge in [0.2, 0.25) is 12.3 Å². The Morgan fingerprint density at radius 3 is 2.11 bits per heavy atom. The first-order chi connectivity index (χ1) is 21.9. The number of nitrogens with zero attached hydrogens (tertiary/aromatic N) is 5. The number of aromatic nitrogens is 1. The van der Waals surface area contributed by atoms with Crippen LogP contribution < -0.4 is 25.2 Å². The van der Waals surface area contributed by atoms with Crippen LogP contribution in [-0.4, -0.2) is 75.3 Å². The van der Waals surface area contributed by atoms with Gasteiger partial charge in [-0.1, -0.05) is 18.2 Å². The van der Waals surface area contributed by atoms with Gasteiger partial charge < -0.3 is 20.1 Å². The summed E-state index contributed by atoms with van der Waals surface area (Å²) in [5.74, 6) is 1.47.